The van der Waals surface area contributed by atoms with Crippen LogP contribution >= 0.6 is 0 Å². The summed E-state index contributed by atoms with van der Waals surface area (Å²) >= 11 is 0. The van der Waals surface area contributed by atoms with Crippen molar-refractivity contribution in [3.63, 3.8) is 0 Å². The van der Waals surface area contributed by atoms with Crippen molar-refractivity contribution in [2.24, 2.45) is 5.92 Å². The van der Waals surface area contributed by atoms with Gasteiger partial charge in [-0.25, -0.2) is 4.79 Å². The van der Waals surface area contributed by atoms with Crippen LogP contribution in [0.3, 0.4) is 0 Å². The van der Waals surface area contributed by atoms with E-state index in [2.05, 4.69) is 4.72 Å². The van der Waals surface area contributed by atoms with Gasteiger partial charge in [-0.15, -0.1) is 0 Å². The number of hydrogen-bond acceptors (Lipinski definition) is 5. The summed E-state index contributed by atoms with van der Waals surface area (Å²) in [5.74, 6) is -1.14. The number of aromatic carboxylic acids is 1. The van der Waals surface area contributed by atoms with Gasteiger partial charge in [0.25, 0.3) is 10.0 Å². The molecule has 11 heteroatoms. The number of furan rings is 1. The predicted molar refractivity (Wildman–Crippen MR) is 117 cm³/mol. The van der Waals surface area contributed by atoms with Crippen molar-refractivity contribution in [1.29, 1.82) is 0 Å². The van der Waals surface area contributed by atoms with Crippen molar-refractivity contribution < 1.29 is 40.6 Å². The topological polar surface area (TPSA) is 106 Å². The van der Waals surface area contributed by atoms with Gasteiger partial charge in [0.1, 0.15) is 12.4 Å². The highest BCUT2D eigenvalue weighted by Gasteiger charge is 2.32. The lowest BCUT2D eigenvalue weighted by atomic mass is 10.1. The smallest absolute Gasteiger partial charge is 0.416 e. The Hall–Kier alpha value is -3.47. The SMILES string of the molecule is CC(C)Cc1ccoc1S(=O)(=O)Nc1cc(C(F)(F)F)ccc1OCc1ccc(C(=O)O)cc1. The number of hydrogen-bond donors (Lipinski definition) is 2. The lowest BCUT2D eigenvalue weighted by Gasteiger charge is -2.16. The molecule has 0 spiro atoms. The van der Waals surface area contributed by atoms with Crippen molar-refractivity contribution >= 4 is 21.7 Å². The molecule has 34 heavy (non-hydrogen) atoms. The standard InChI is InChI=1S/C23H22F3NO6S/c1-14(2)11-17-9-10-32-22(17)34(30,31)27-19-12-18(23(24,25)26)7-8-20(19)33-13-15-3-5-16(6-4-15)21(28)29/h3-10,12,14,27H,11,13H2,1-2H3,(H,28,29). The minimum atomic E-state index is -4.71. The minimum absolute atomic E-state index is 0.0578. The second-order valence-corrected chi connectivity index (χ2v) is 9.52. The van der Waals surface area contributed by atoms with Gasteiger partial charge >= 0.3 is 12.1 Å². The van der Waals surface area contributed by atoms with Crippen LogP contribution in [-0.2, 0) is 29.2 Å². The van der Waals surface area contributed by atoms with Gasteiger partial charge in [-0.3, -0.25) is 4.72 Å². The Morgan fingerprint density at radius 1 is 1.12 bits per heavy atom. The Morgan fingerprint density at radius 2 is 1.79 bits per heavy atom. The van der Waals surface area contributed by atoms with Crippen molar-refractivity contribution in [3.05, 3.63) is 77.0 Å². The third-order valence-corrected chi connectivity index (χ3v) is 6.06. The molecule has 1 aromatic heterocycles. The Balaban J connectivity index is 1.91. The molecule has 0 fully saturated rings. The maximum atomic E-state index is 13.3. The number of carbonyl (C=O) groups is 1. The lowest BCUT2D eigenvalue weighted by molar-refractivity contribution is -0.137. The number of carboxylic acids is 1. The molecule has 3 aromatic rings. The zero-order chi connectivity index (χ0) is 25.1. The molecular weight excluding hydrogens is 475 g/mol. The Labute approximate surface area is 194 Å². The fourth-order valence-corrected chi connectivity index (χ4v) is 4.38. The molecule has 0 amide bonds. The second-order valence-electron chi connectivity index (χ2n) is 7.94. The molecular formula is C23H22F3NO6S. The molecule has 0 saturated carbocycles. The first-order chi connectivity index (χ1) is 15.9. The lowest BCUT2D eigenvalue weighted by Crippen LogP contribution is -2.16. The Bertz CT molecular complexity index is 1260. The Kier molecular flexibility index (Phi) is 7.25. The number of anilines is 1. The molecule has 0 aliphatic heterocycles. The van der Waals surface area contributed by atoms with Crippen LogP contribution in [0, 0.1) is 5.92 Å². The van der Waals surface area contributed by atoms with Gasteiger partial charge in [-0.2, -0.15) is 21.6 Å². The number of ether oxygens (including phenoxy) is 1. The molecule has 3 rings (SSSR count). The van der Waals surface area contributed by atoms with Crippen LogP contribution in [0.4, 0.5) is 18.9 Å². The molecule has 1 heterocycles. The van der Waals surface area contributed by atoms with Crippen molar-refractivity contribution in [2.45, 2.75) is 38.1 Å². The fraction of sp³-hybridized carbons (Fsp3) is 0.261. The summed E-state index contributed by atoms with van der Waals surface area (Å²) < 4.78 is 78.6. The number of nitrogens with one attached hydrogen (secondary N) is 1. The van der Waals surface area contributed by atoms with E-state index in [1.807, 2.05) is 13.8 Å². The van der Waals surface area contributed by atoms with Gasteiger partial charge in [0.2, 0.25) is 5.09 Å². The maximum Gasteiger partial charge on any atom is 0.416 e. The van der Waals surface area contributed by atoms with Crippen LogP contribution in [0.25, 0.3) is 0 Å². The van der Waals surface area contributed by atoms with Crippen LogP contribution in [-0.4, -0.2) is 19.5 Å². The first-order valence-corrected chi connectivity index (χ1v) is 11.6. The predicted octanol–water partition coefficient (Wildman–Crippen LogP) is 5.57. The molecule has 0 radical (unpaired) electrons. The van der Waals surface area contributed by atoms with Gasteiger partial charge in [0.15, 0.2) is 0 Å². The van der Waals surface area contributed by atoms with E-state index >= 15 is 0 Å². The van der Waals surface area contributed by atoms with Crippen molar-refractivity contribution in [3.8, 4) is 5.75 Å². The zero-order valence-corrected chi connectivity index (χ0v) is 19.0. The average molecular weight is 497 g/mol. The normalized spacial score (nSPS) is 12.1. The summed E-state index contributed by atoms with van der Waals surface area (Å²) in [6.45, 7) is 3.64. The molecule has 0 bridgehead atoms. The van der Waals surface area contributed by atoms with Crippen molar-refractivity contribution in [2.75, 3.05) is 4.72 Å². The highest BCUT2D eigenvalue weighted by Crippen LogP contribution is 2.36. The summed E-state index contributed by atoms with van der Waals surface area (Å²) in [5, 5.41) is 8.59. The largest absolute Gasteiger partial charge is 0.487 e. The average Bonchev–Trinajstić information content (AvgIpc) is 3.20. The first kappa shape index (κ1) is 25.2. The van der Waals surface area contributed by atoms with Gasteiger partial charge in [-0.05, 0) is 54.3 Å². The van der Waals surface area contributed by atoms with E-state index in [0.29, 0.717) is 23.6 Å². The van der Waals surface area contributed by atoms with E-state index in [4.69, 9.17) is 14.3 Å². The zero-order valence-electron chi connectivity index (χ0n) is 18.2. The van der Waals surface area contributed by atoms with Gasteiger partial charge < -0.3 is 14.3 Å². The second kappa shape index (κ2) is 9.80. The highest BCUT2D eigenvalue weighted by atomic mass is 32.2. The molecule has 0 saturated heterocycles. The molecule has 0 unspecified atom stereocenters. The van der Waals surface area contributed by atoms with Crippen LogP contribution in [0.2, 0.25) is 0 Å². The third-order valence-electron chi connectivity index (χ3n) is 4.73. The summed E-state index contributed by atoms with van der Waals surface area (Å²) in [6, 6.07) is 9.61. The van der Waals surface area contributed by atoms with Crippen LogP contribution < -0.4 is 9.46 Å². The van der Waals surface area contributed by atoms with Crippen LogP contribution in [0.1, 0.15) is 40.9 Å². The number of alkyl halides is 3. The molecule has 0 atom stereocenters. The maximum absolute atomic E-state index is 13.3. The number of carboxylic acid groups (broad SMARTS) is 1. The van der Waals surface area contributed by atoms with Crippen LogP contribution in [0.5, 0.6) is 5.75 Å². The summed E-state index contributed by atoms with van der Waals surface area (Å²) in [4.78, 5) is 11.0. The molecule has 2 N–H and O–H groups in total. The van der Waals surface area contributed by atoms with Gasteiger partial charge in [0.05, 0.1) is 23.1 Å². The fourth-order valence-electron chi connectivity index (χ4n) is 3.16. The molecule has 182 valence electrons. The van der Waals surface area contributed by atoms with E-state index in [9.17, 15) is 26.4 Å². The number of benzene rings is 2. The van der Waals surface area contributed by atoms with Gasteiger partial charge in [-0.1, -0.05) is 26.0 Å². The third kappa shape index (κ3) is 6.10. The summed E-state index contributed by atoms with van der Waals surface area (Å²) in [5.41, 5.74) is -0.490. The van der Waals surface area contributed by atoms with Gasteiger partial charge in [0, 0.05) is 5.56 Å². The number of rotatable bonds is 9. The molecule has 0 aliphatic carbocycles. The number of sulfonamides is 1. The summed E-state index contributed by atoms with van der Waals surface area (Å²) in [7, 11) is -4.36. The van der Waals surface area contributed by atoms with E-state index in [1.165, 1.54) is 36.6 Å². The van der Waals surface area contributed by atoms with E-state index in [0.717, 1.165) is 12.1 Å². The molecule has 0 aliphatic rings. The van der Waals surface area contributed by atoms with Crippen molar-refractivity contribution in [1.82, 2.24) is 0 Å². The van der Waals surface area contributed by atoms with Crippen LogP contribution in [0.15, 0.2) is 64.3 Å². The monoisotopic (exact) mass is 497 g/mol. The Morgan fingerprint density at radius 3 is 2.38 bits per heavy atom. The summed E-state index contributed by atoms with van der Waals surface area (Å²) in [6.07, 6.45) is -3.11. The number of halogens is 3. The van der Waals surface area contributed by atoms with E-state index < -0.39 is 33.4 Å². The van der Waals surface area contributed by atoms with E-state index in [-0.39, 0.29) is 28.9 Å². The quantitative estimate of drug-likeness (QED) is 0.400. The minimum Gasteiger partial charge on any atom is -0.487 e. The highest BCUT2D eigenvalue weighted by molar-refractivity contribution is 7.92. The molecule has 2 aromatic carbocycles. The van der Waals surface area contributed by atoms with E-state index in [1.54, 1.807) is 0 Å². The first-order valence-electron chi connectivity index (χ1n) is 10.1. The molecule has 7 nitrogen and oxygen atoms in total.